The van der Waals surface area contributed by atoms with Crippen LogP contribution in [0.3, 0.4) is 0 Å². The van der Waals surface area contributed by atoms with Crippen molar-refractivity contribution in [3.8, 4) is 17.6 Å². The first-order valence-corrected chi connectivity index (χ1v) is 7.66. The number of aromatic nitrogens is 1. The molecule has 0 amide bonds. The summed E-state index contributed by atoms with van der Waals surface area (Å²) in [6.07, 6.45) is 7.52. The number of ether oxygens (including phenoxy) is 2. The van der Waals surface area contributed by atoms with E-state index in [1.165, 1.54) is 0 Å². The summed E-state index contributed by atoms with van der Waals surface area (Å²) in [5.74, 6) is 1.37. The van der Waals surface area contributed by atoms with Crippen LogP contribution in [0.5, 0.6) is 11.5 Å². The predicted molar refractivity (Wildman–Crippen MR) is 94.5 cm³/mol. The van der Waals surface area contributed by atoms with Gasteiger partial charge in [-0.25, -0.2) is 0 Å². The summed E-state index contributed by atoms with van der Waals surface area (Å²) < 4.78 is 11.5. The first kappa shape index (κ1) is 15.8. The normalized spacial score (nSPS) is 15.2. The van der Waals surface area contributed by atoms with Gasteiger partial charge in [-0.3, -0.25) is 4.98 Å². The first-order valence-electron chi connectivity index (χ1n) is 7.66. The Morgan fingerprint density at radius 3 is 2.79 bits per heavy atom. The zero-order valence-corrected chi connectivity index (χ0v) is 13.9. The fourth-order valence-electron chi connectivity index (χ4n) is 2.58. The van der Waals surface area contributed by atoms with E-state index >= 15 is 0 Å². The number of methoxy groups -OCH3 is 1. The molecule has 2 heterocycles. The molecule has 0 atom stereocenters. The fraction of sp³-hybridized carbons (Fsp3) is 0.200. The first-order chi connectivity index (χ1) is 11.5. The van der Waals surface area contributed by atoms with Crippen molar-refractivity contribution in [3.05, 3.63) is 59.4 Å². The minimum Gasteiger partial charge on any atom is -0.493 e. The van der Waals surface area contributed by atoms with Crippen LogP contribution in [0.15, 0.2) is 42.6 Å². The number of rotatable bonds is 3. The highest BCUT2D eigenvalue weighted by atomic mass is 16.5. The fourth-order valence-corrected chi connectivity index (χ4v) is 2.58. The molecule has 0 fully saturated rings. The van der Waals surface area contributed by atoms with E-state index in [4.69, 9.17) is 9.47 Å². The molecule has 0 bridgehead atoms. The average molecular weight is 318 g/mol. The number of nitriles is 1. The number of allylic oxidation sites excluding steroid dienone is 1. The van der Waals surface area contributed by atoms with Crippen molar-refractivity contribution >= 4 is 17.7 Å². The van der Waals surface area contributed by atoms with Gasteiger partial charge < -0.3 is 9.47 Å². The Morgan fingerprint density at radius 2 is 2.12 bits per heavy atom. The molecule has 3 rings (SSSR count). The van der Waals surface area contributed by atoms with Crippen molar-refractivity contribution in [1.29, 1.82) is 5.26 Å². The Hall–Kier alpha value is -3.06. The Labute approximate surface area is 141 Å². The number of hydrogen-bond acceptors (Lipinski definition) is 4. The standard InChI is InChI=1S/C20H18N2O2/c1-20(2)10-9-16-14(7-8-18(23-3)19(16)24-20)12-15(13-21)17-6-4-5-11-22-17/h4-12H,1-3H3/b15-12-. The van der Waals surface area contributed by atoms with Crippen LogP contribution in [0.2, 0.25) is 0 Å². The SMILES string of the molecule is COc1ccc(/C=C(/C#N)c2ccccn2)c2c1OC(C)(C)C=C2. The Kier molecular flexibility index (Phi) is 4.09. The number of pyridine rings is 1. The van der Waals surface area contributed by atoms with Crippen molar-refractivity contribution in [2.24, 2.45) is 0 Å². The molecule has 2 aromatic rings. The Bertz CT molecular complexity index is 859. The smallest absolute Gasteiger partial charge is 0.170 e. The number of benzene rings is 1. The Morgan fingerprint density at radius 1 is 1.29 bits per heavy atom. The minimum absolute atomic E-state index is 0.401. The molecule has 4 heteroatoms. The van der Waals surface area contributed by atoms with Crippen molar-refractivity contribution in [3.63, 3.8) is 0 Å². The molecule has 0 aliphatic carbocycles. The summed E-state index contributed by atoms with van der Waals surface area (Å²) in [5, 5.41) is 9.50. The van der Waals surface area contributed by atoms with Gasteiger partial charge in [0.1, 0.15) is 11.7 Å². The van der Waals surface area contributed by atoms with Gasteiger partial charge in [0.2, 0.25) is 0 Å². The van der Waals surface area contributed by atoms with Gasteiger partial charge in [-0.15, -0.1) is 0 Å². The largest absolute Gasteiger partial charge is 0.493 e. The van der Waals surface area contributed by atoms with E-state index in [0.29, 0.717) is 22.8 Å². The highest BCUT2D eigenvalue weighted by molar-refractivity contribution is 5.91. The molecule has 1 aromatic heterocycles. The molecule has 0 saturated carbocycles. The van der Waals surface area contributed by atoms with Crippen LogP contribution in [0, 0.1) is 11.3 Å². The second-order valence-corrected chi connectivity index (χ2v) is 6.02. The third-order valence-corrected chi connectivity index (χ3v) is 3.79. The Balaban J connectivity index is 2.13. The van der Waals surface area contributed by atoms with Gasteiger partial charge >= 0.3 is 0 Å². The quantitative estimate of drug-likeness (QED) is 0.790. The molecule has 0 N–H and O–H groups in total. The third kappa shape index (κ3) is 3.02. The van der Waals surface area contributed by atoms with Gasteiger partial charge in [-0.1, -0.05) is 18.2 Å². The van der Waals surface area contributed by atoms with E-state index in [9.17, 15) is 5.26 Å². The monoisotopic (exact) mass is 318 g/mol. The molecule has 24 heavy (non-hydrogen) atoms. The van der Waals surface area contributed by atoms with Gasteiger partial charge in [-0.2, -0.15) is 5.26 Å². The zero-order valence-electron chi connectivity index (χ0n) is 13.9. The summed E-state index contributed by atoms with van der Waals surface area (Å²) in [6, 6.07) is 11.5. The van der Waals surface area contributed by atoms with E-state index in [2.05, 4.69) is 11.1 Å². The van der Waals surface area contributed by atoms with Gasteiger partial charge in [0.05, 0.1) is 18.4 Å². The van der Waals surface area contributed by atoms with E-state index in [1.807, 2.05) is 62.4 Å². The molecule has 1 aliphatic rings. The molecule has 1 aliphatic heterocycles. The second-order valence-electron chi connectivity index (χ2n) is 6.02. The number of nitrogens with zero attached hydrogens (tertiary/aromatic N) is 2. The number of fused-ring (bicyclic) bond motifs is 1. The molecule has 1 aromatic carbocycles. The lowest BCUT2D eigenvalue weighted by atomic mass is 9.96. The summed E-state index contributed by atoms with van der Waals surface area (Å²) in [7, 11) is 1.62. The summed E-state index contributed by atoms with van der Waals surface area (Å²) in [5.41, 5.74) is 2.53. The maximum absolute atomic E-state index is 9.50. The zero-order chi connectivity index (χ0) is 17.2. The topological polar surface area (TPSA) is 55.1 Å². The van der Waals surface area contributed by atoms with Crippen molar-refractivity contribution in [1.82, 2.24) is 4.98 Å². The molecule has 0 saturated heterocycles. The molecule has 4 nitrogen and oxygen atoms in total. The van der Waals surface area contributed by atoms with Crippen LogP contribution in [0.4, 0.5) is 0 Å². The van der Waals surface area contributed by atoms with Crippen LogP contribution in [-0.4, -0.2) is 17.7 Å². The van der Waals surface area contributed by atoms with Gasteiger partial charge in [0.25, 0.3) is 0 Å². The highest BCUT2D eigenvalue weighted by Crippen LogP contribution is 2.41. The van der Waals surface area contributed by atoms with Crippen LogP contribution in [-0.2, 0) is 0 Å². The number of hydrogen-bond donors (Lipinski definition) is 0. The summed E-state index contributed by atoms with van der Waals surface area (Å²) in [6.45, 7) is 3.98. The minimum atomic E-state index is -0.401. The molecule has 120 valence electrons. The van der Waals surface area contributed by atoms with E-state index in [-0.39, 0.29) is 0 Å². The van der Waals surface area contributed by atoms with Crippen molar-refractivity contribution < 1.29 is 9.47 Å². The lowest BCUT2D eigenvalue weighted by Gasteiger charge is -2.29. The van der Waals surface area contributed by atoms with E-state index < -0.39 is 5.60 Å². The highest BCUT2D eigenvalue weighted by Gasteiger charge is 2.26. The average Bonchev–Trinajstić information content (AvgIpc) is 2.59. The predicted octanol–water partition coefficient (Wildman–Crippen LogP) is 4.34. The van der Waals surface area contributed by atoms with Gasteiger partial charge in [0, 0.05) is 11.8 Å². The lowest BCUT2D eigenvalue weighted by Crippen LogP contribution is -2.28. The van der Waals surface area contributed by atoms with Crippen LogP contribution in [0.1, 0.15) is 30.7 Å². The lowest BCUT2D eigenvalue weighted by molar-refractivity contribution is 0.152. The van der Waals surface area contributed by atoms with Crippen molar-refractivity contribution in [2.75, 3.05) is 7.11 Å². The summed E-state index contributed by atoms with van der Waals surface area (Å²) in [4.78, 5) is 4.25. The van der Waals surface area contributed by atoms with Gasteiger partial charge in [-0.05, 0) is 49.8 Å². The summed E-state index contributed by atoms with van der Waals surface area (Å²) >= 11 is 0. The van der Waals surface area contributed by atoms with Crippen molar-refractivity contribution in [2.45, 2.75) is 19.4 Å². The molecular formula is C20H18N2O2. The molecule has 0 unspecified atom stereocenters. The van der Waals surface area contributed by atoms with E-state index in [1.54, 1.807) is 13.3 Å². The van der Waals surface area contributed by atoms with Crippen LogP contribution >= 0.6 is 0 Å². The van der Waals surface area contributed by atoms with Crippen LogP contribution < -0.4 is 9.47 Å². The van der Waals surface area contributed by atoms with Gasteiger partial charge in [0.15, 0.2) is 11.5 Å². The van der Waals surface area contributed by atoms with Crippen LogP contribution in [0.25, 0.3) is 17.7 Å². The molecular weight excluding hydrogens is 300 g/mol. The maximum atomic E-state index is 9.50. The second kappa shape index (κ2) is 6.21. The maximum Gasteiger partial charge on any atom is 0.170 e. The molecule has 0 radical (unpaired) electrons. The van der Waals surface area contributed by atoms with E-state index in [0.717, 1.165) is 11.1 Å². The molecule has 0 spiro atoms. The third-order valence-electron chi connectivity index (χ3n) is 3.79.